The SMILES string of the molecule is OCC1=Cc2ncc3c(c2C1)OCCO3. The van der Waals surface area contributed by atoms with E-state index in [1.807, 2.05) is 6.08 Å². The quantitative estimate of drug-likeness (QED) is 0.736. The van der Waals surface area contributed by atoms with Crippen LogP contribution in [-0.2, 0) is 6.42 Å². The number of aliphatic hydroxyl groups is 1. The Morgan fingerprint density at radius 2 is 2.20 bits per heavy atom. The second kappa shape index (κ2) is 3.24. The van der Waals surface area contributed by atoms with Crippen LogP contribution < -0.4 is 9.47 Å². The van der Waals surface area contributed by atoms with E-state index in [4.69, 9.17) is 14.6 Å². The van der Waals surface area contributed by atoms with Gasteiger partial charge in [0, 0.05) is 12.0 Å². The van der Waals surface area contributed by atoms with Gasteiger partial charge in [0.05, 0.1) is 18.5 Å². The first-order valence-corrected chi connectivity index (χ1v) is 4.96. The summed E-state index contributed by atoms with van der Waals surface area (Å²) < 4.78 is 11.0. The van der Waals surface area contributed by atoms with Crippen LogP contribution in [0.3, 0.4) is 0 Å². The van der Waals surface area contributed by atoms with E-state index in [0.29, 0.717) is 25.4 Å². The molecule has 0 amide bonds. The summed E-state index contributed by atoms with van der Waals surface area (Å²) in [6.07, 6.45) is 4.31. The average molecular weight is 205 g/mol. The minimum atomic E-state index is 0.0754. The molecule has 0 unspecified atom stereocenters. The maximum absolute atomic E-state index is 9.07. The van der Waals surface area contributed by atoms with Crippen LogP contribution in [0.25, 0.3) is 6.08 Å². The molecule has 1 aliphatic carbocycles. The Hall–Kier alpha value is -1.55. The predicted molar refractivity (Wildman–Crippen MR) is 54.0 cm³/mol. The first-order valence-electron chi connectivity index (χ1n) is 4.96. The van der Waals surface area contributed by atoms with E-state index in [-0.39, 0.29) is 6.61 Å². The van der Waals surface area contributed by atoms with Gasteiger partial charge in [0.1, 0.15) is 13.2 Å². The molecule has 1 N–H and O–H groups in total. The van der Waals surface area contributed by atoms with Crippen molar-refractivity contribution in [2.24, 2.45) is 0 Å². The topological polar surface area (TPSA) is 51.6 Å². The van der Waals surface area contributed by atoms with Gasteiger partial charge >= 0.3 is 0 Å². The van der Waals surface area contributed by atoms with Crippen molar-refractivity contribution in [3.8, 4) is 11.5 Å². The second-order valence-corrected chi connectivity index (χ2v) is 3.65. The Bertz CT molecular complexity index is 440. The molecule has 0 spiro atoms. The molecule has 2 heterocycles. The van der Waals surface area contributed by atoms with Crippen molar-refractivity contribution in [2.75, 3.05) is 19.8 Å². The number of rotatable bonds is 1. The van der Waals surface area contributed by atoms with Crippen LogP contribution in [0.1, 0.15) is 11.3 Å². The summed E-state index contributed by atoms with van der Waals surface area (Å²) in [7, 11) is 0. The van der Waals surface area contributed by atoms with Crippen LogP contribution >= 0.6 is 0 Å². The minimum Gasteiger partial charge on any atom is -0.486 e. The van der Waals surface area contributed by atoms with Crippen molar-refractivity contribution in [1.82, 2.24) is 4.98 Å². The minimum absolute atomic E-state index is 0.0754. The summed E-state index contributed by atoms with van der Waals surface area (Å²) in [5, 5.41) is 9.07. The summed E-state index contributed by atoms with van der Waals surface area (Å²) in [5.41, 5.74) is 2.90. The monoisotopic (exact) mass is 205 g/mol. The highest BCUT2D eigenvalue weighted by molar-refractivity contribution is 5.66. The van der Waals surface area contributed by atoms with Gasteiger partial charge in [-0.05, 0) is 11.6 Å². The molecule has 4 nitrogen and oxygen atoms in total. The fourth-order valence-electron chi connectivity index (χ4n) is 1.95. The van der Waals surface area contributed by atoms with Crippen LogP contribution in [0.4, 0.5) is 0 Å². The van der Waals surface area contributed by atoms with Crippen molar-refractivity contribution in [3.63, 3.8) is 0 Å². The van der Waals surface area contributed by atoms with E-state index in [1.165, 1.54) is 0 Å². The van der Waals surface area contributed by atoms with E-state index < -0.39 is 0 Å². The first kappa shape index (κ1) is 8.73. The normalized spacial score (nSPS) is 17.3. The van der Waals surface area contributed by atoms with Crippen molar-refractivity contribution < 1.29 is 14.6 Å². The van der Waals surface area contributed by atoms with Crippen LogP contribution in [0, 0.1) is 0 Å². The molecule has 0 radical (unpaired) electrons. The van der Waals surface area contributed by atoms with Crippen molar-refractivity contribution in [2.45, 2.75) is 6.42 Å². The predicted octanol–water partition coefficient (Wildman–Crippen LogP) is 0.785. The lowest BCUT2D eigenvalue weighted by atomic mass is 10.1. The zero-order valence-corrected chi connectivity index (χ0v) is 8.19. The molecule has 0 saturated heterocycles. The van der Waals surface area contributed by atoms with Crippen molar-refractivity contribution in [3.05, 3.63) is 23.0 Å². The molecule has 1 aromatic heterocycles. The maximum atomic E-state index is 9.07. The van der Waals surface area contributed by atoms with Gasteiger partial charge in [0.2, 0.25) is 0 Å². The summed E-state index contributed by atoms with van der Waals surface area (Å²) in [6, 6.07) is 0. The fraction of sp³-hybridized carbons (Fsp3) is 0.364. The highest BCUT2D eigenvalue weighted by Gasteiger charge is 2.23. The summed E-state index contributed by atoms with van der Waals surface area (Å²) in [6.45, 7) is 1.23. The van der Waals surface area contributed by atoms with Crippen LogP contribution in [0.2, 0.25) is 0 Å². The Morgan fingerprint density at radius 1 is 1.33 bits per heavy atom. The third kappa shape index (κ3) is 1.29. The van der Waals surface area contributed by atoms with Gasteiger partial charge in [-0.25, -0.2) is 0 Å². The fourth-order valence-corrected chi connectivity index (χ4v) is 1.95. The van der Waals surface area contributed by atoms with Crippen LogP contribution in [0.5, 0.6) is 11.5 Å². The molecule has 0 bridgehead atoms. The lowest BCUT2D eigenvalue weighted by molar-refractivity contribution is 0.169. The summed E-state index contributed by atoms with van der Waals surface area (Å²) >= 11 is 0. The largest absolute Gasteiger partial charge is 0.486 e. The summed E-state index contributed by atoms with van der Waals surface area (Å²) in [5.74, 6) is 1.51. The molecule has 0 atom stereocenters. The third-order valence-electron chi connectivity index (χ3n) is 2.66. The zero-order chi connectivity index (χ0) is 10.3. The Kier molecular flexibility index (Phi) is 1.89. The van der Waals surface area contributed by atoms with Crippen LogP contribution in [-0.4, -0.2) is 29.9 Å². The Balaban J connectivity index is 2.07. The molecule has 0 fully saturated rings. The van der Waals surface area contributed by atoms with Crippen molar-refractivity contribution >= 4 is 6.08 Å². The molecule has 0 aromatic carbocycles. The first-order chi connectivity index (χ1) is 7.38. The molecular weight excluding hydrogens is 194 g/mol. The molecule has 0 saturated carbocycles. The molecule has 1 aliphatic heterocycles. The number of hydrogen-bond acceptors (Lipinski definition) is 4. The number of pyridine rings is 1. The molecule has 78 valence electrons. The third-order valence-corrected chi connectivity index (χ3v) is 2.66. The van der Waals surface area contributed by atoms with Crippen molar-refractivity contribution in [1.29, 1.82) is 0 Å². The number of nitrogens with zero attached hydrogens (tertiary/aromatic N) is 1. The van der Waals surface area contributed by atoms with Crippen LogP contribution in [0.15, 0.2) is 11.8 Å². The van der Waals surface area contributed by atoms with E-state index >= 15 is 0 Å². The summed E-state index contributed by atoms with van der Waals surface area (Å²) in [4.78, 5) is 4.28. The lowest BCUT2D eigenvalue weighted by Crippen LogP contribution is -2.17. The number of ether oxygens (including phenoxy) is 2. The molecule has 1 aromatic rings. The maximum Gasteiger partial charge on any atom is 0.179 e. The standard InChI is InChI=1S/C11H11NO3/c13-6-7-3-8-9(4-7)12-5-10-11(8)15-2-1-14-10/h4-5,13H,1-3,6H2. The Morgan fingerprint density at radius 3 is 3.07 bits per heavy atom. The van der Waals surface area contributed by atoms with Gasteiger partial charge < -0.3 is 14.6 Å². The van der Waals surface area contributed by atoms with E-state index in [0.717, 1.165) is 22.6 Å². The highest BCUT2D eigenvalue weighted by Crippen LogP contribution is 2.39. The zero-order valence-electron chi connectivity index (χ0n) is 8.19. The number of fused-ring (bicyclic) bond motifs is 3. The molecule has 4 heteroatoms. The number of hydrogen-bond donors (Lipinski definition) is 1. The van der Waals surface area contributed by atoms with E-state index in [2.05, 4.69) is 4.98 Å². The van der Waals surface area contributed by atoms with Gasteiger partial charge in [-0.1, -0.05) is 0 Å². The van der Waals surface area contributed by atoms with Gasteiger partial charge in [-0.2, -0.15) is 0 Å². The Labute approximate surface area is 87.2 Å². The number of aromatic nitrogens is 1. The van der Waals surface area contributed by atoms with Gasteiger partial charge in [0.25, 0.3) is 0 Å². The molecule has 3 rings (SSSR count). The van der Waals surface area contributed by atoms with Gasteiger partial charge in [-0.15, -0.1) is 0 Å². The lowest BCUT2D eigenvalue weighted by Gasteiger charge is -2.20. The highest BCUT2D eigenvalue weighted by atomic mass is 16.6. The number of aliphatic hydroxyl groups excluding tert-OH is 1. The van der Waals surface area contributed by atoms with E-state index in [1.54, 1.807) is 6.20 Å². The molecular formula is C11H11NO3. The average Bonchev–Trinajstić information content (AvgIpc) is 2.72. The second-order valence-electron chi connectivity index (χ2n) is 3.65. The van der Waals surface area contributed by atoms with Gasteiger partial charge in [-0.3, -0.25) is 4.98 Å². The smallest absolute Gasteiger partial charge is 0.179 e. The molecule has 15 heavy (non-hydrogen) atoms. The van der Waals surface area contributed by atoms with Gasteiger partial charge in [0.15, 0.2) is 11.5 Å². The molecule has 2 aliphatic rings. The van der Waals surface area contributed by atoms with E-state index in [9.17, 15) is 0 Å².